The molecule has 0 aliphatic rings. The first-order valence-corrected chi connectivity index (χ1v) is 11.7. The molecule has 3 aromatic heterocycles. The molecule has 0 unspecified atom stereocenters. The molecule has 5 rings (SSSR count). The van der Waals surface area contributed by atoms with E-state index in [0.717, 1.165) is 32.4 Å². The summed E-state index contributed by atoms with van der Waals surface area (Å²) in [5, 5.41) is 14.2. The average molecular weight is 483 g/mol. The Hall–Kier alpha value is -4.37. The molecule has 35 heavy (non-hydrogen) atoms. The topological polar surface area (TPSA) is 106 Å². The van der Waals surface area contributed by atoms with Gasteiger partial charge in [0.25, 0.3) is 0 Å². The molecule has 0 aliphatic heterocycles. The van der Waals surface area contributed by atoms with E-state index in [1.54, 1.807) is 44.0 Å². The first kappa shape index (κ1) is 22.4. The third-order valence-electron chi connectivity index (χ3n) is 5.38. The standard InChI is InChI=1S/C26H22N6O2S/c1-16-3-6-18(33)11-20(16)21-12-22(32-25(31-21)23-14-27-9-10-28-23)24-15-30-26(35-24)29-13-17-4-7-19(34-2)8-5-17/h3-12,14-15,33H,13H2,1-2H3,(H,29,30). The van der Waals surface area contributed by atoms with Crippen LogP contribution in [0.1, 0.15) is 11.1 Å². The van der Waals surface area contributed by atoms with Gasteiger partial charge in [0, 0.05) is 30.7 Å². The third kappa shape index (κ3) is 5.10. The van der Waals surface area contributed by atoms with Crippen LogP contribution in [0.4, 0.5) is 5.13 Å². The van der Waals surface area contributed by atoms with Gasteiger partial charge in [0.2, 0.25) is 0 Å². The van der Waals surface area contributed by atoms with Crippen molar-refractivity contribution in [1.29, 1.82) is 0 Å². The van der Waals surface area contributed by atoms with Crippen molar-refractivity contribution in [3.63, 3.8) is 0 Å². The van der Waals surface area contributed by atoms with E-state index >= 15 is 0 Å². The van der Waals surface area contributed by atoms with Gasteiger partial charge >= 0.3 is 0 Å². The number of nitrogens with one attached hydrogen (secondary N) is 1. The number of aromatic nitrogens is 5. The van der Waals surface area contributed by atoms with Gasteiger partial charge in [-0.25, -0.2) is 19.9 Å². The van der Waals surface area contributed by atoms with Gasteiger partial charge < -0.3 is 15.2 Å². The Bertz CT molecular complexity index is 1450. The van der Waals surface area contributed by atoms with Crippen molar-refractivity contribution in [2.24, 2.45) is 0 Å². The largest absolute Gasteiger partial charge is 0.508 e. The van der Waals surface area contributed by atoms with Crippen molar-refractivity contribution in [3.05, 3.63) is 84.4 Å². The molecule has 0 radical (unpaired) electrons. The van der Waals surface area contributed by atoms with Gasteiger partial charge in [0.15, 0.2) is 11.0 Å². The van der Waals surface area contributed by atoms with Gasteiger partial charge in [0.05, 0.1) is 29.6 Å². The zero-order chi connectivity index (χ0) is 24.2. The van der Waals surface area contributed by atoms with E-state index in [4.69, 9.17) is 14.7 Å². The summed E-state index contributed by atoms with van der Waals surface area (Å²) in [7, 11) is 1.65. The van der Waals surface area contributed by atoms with Crippen molar-refractivity contribution in [3.8, 4) is 44.8 Å². The van der Waals surface area contributed by atoms with Crippen molar-refractivity contribution >= 4 is 16.5 Å². The Labute approximate surface area is 206 Å². The predicted octanol–water partition coefficient (Wildman–Crippen LogP) is 5.36. The van der Waals surface area contributed by atoms with E-state index in [9.17, 15) is 5.11 Å². The highest BCUT2D eigenvalue weighted by molar-refractivity contribution is 7.18. The van der Waals surface area contributed by atoms with Crippen LogP contribution in [0.25, 0.3) is 33.3 Å². The molecule has 174 valence electrons. The van der Waals surface area contributed by atoms with E-state index in [2.05, 4.69) is 20.3 Å². The number of benzene rings is 2. The Balaban J connectivity index is 1.48. The number of aryl methyl sites for hydroxylation is 1. The lowest BCUT2D eigenvalue weighted by molar-refractivity contribution is 0.414. The van der Waals surface area contributed by atoms with Crippen LogP contribution in [0.5, 0.6) is 11.5 Å². The highest BCUT2D eigenvalue weighted by Crippen LogP contribution is 2.33. The van der Waals surface area contributed by atoms with Crippen LogP contribution in [-0.4, -0.2) is 37.1 Å². The number of phenolic OH excluding ortho intramolecular Hbond substituents is 1. The minimum Gasteiger partial charge on any atom is -0.508 e. The molecule has 2 N–H and O–H groups in total. The smallest absolute Gasteiger partial charge is 0.183 e. The fourth-order valence-corrected chi connectivity index (χ4v) is 4.29. The summed E-state index contributed by atoms with van der Waals surface area (Å²) in [5.74, 6) is 1.45. The number of ether oxygens (including phenoxy) is 1. The summed E-state index contributed by atoms with van der Waals surface area (Å²) in [5.41, 5.74) is 4.90. The van der Waals surface area contributed by atoms with Gasteiger partial charge in [-0.15, -0.1) is 0 Å². The minimum atomic E-state index is 0.176. The molecule has 0 saturated carbocycles. The second-order valence-electron chi connectivity index (χ2n) is 7.78. The fourth-order valence-electron chi connectivity index (χ4n) is 3.52. The molecule has 0 saturated heterocycles. The average Bonchev–Trinajstić information content (AvgIpc) is 3.39. The summed E-state index contributed by atoms with van der Waals surface area (Å²) < 4.78 is 5.22. The Morgan fingerprint density at radius 3 is 2.51 bits per heavy atom. The highest BCUT2D eigenvalue weighted by atomic mass is 32.1. The predicted molar refractivity (Wildman–Crippen MR) is 136 cm³/mol. The zero-order valence-corrected chi connectivity index (χ0v) is 20.0. The van der Waals surface area contributed by atoms with Crippen LogP contribution >= 0.6 is 11.3 Å². The lowest BCUT2D eigenvalue weighted by Gasteiger charge is -2.10. The van der Waals surface area contributed by atoms with Gasteiger partial charge in [-0.1, -0.05) is 29.5 Å². The molecule has 0 bridgehead atoms. The van der Waals surface area contributed by atoms with Gasteiger partial charge in [-0.05, 0) is 48.4 Å². The van der Waals surface area contributed by atoms with E-state index in [1.807, 2.05) is 43.3 Å². The van der Waals surface area contributed by atoms with Crippen LogP contribution in [-0.2, 0) is 6.54 Å². The van der Waals surface area contributed by atoms with Crippen LogP contribution in [0.3, 0.4) is 0 Å². The molecule has 5 aromatic rings. The second kappa shape index (κ2) is 9.86. The summed E-state index contributed by atoms with van der Waals surface area (Å²) in [4.78, 5) is 23.4. The number of aromatic hydroxyl groups is 1. The normalized spacial score (nSPS) is 10.8. The summed E-state index contributed by atoms with van der Waals surface area (Å²) in [6.07, 6.45) is 6.64. The highest BCUT2D eigenvalue weighted by Gasteiger charge is 2.15. The lowest BCUT2D eigenvalue weighted by Crippen LogP contribution is -1.98. The Morgan fingerprint density at radius 1 is 0.914 bits per heavy atom. The number of nitrogens with zero attached hydrogens (tertiary/aromatic N) is 5. The van der Waals surface area contributed by atoms with Crippen molar-refractivity contribution < 1.29 is 9.84 Å². The van der Waals surface area contributed by atoms with Gasteiger partial charge in [-0.3, -0.25) is 4.98 Å². The number of rotatable bonds is 7. The second-order valence-corrected chi connectivity index (χ2v) is 8.81. The maximum Gasteiger partial charge on any atom is 0.183 e. The number of hydrogen-bond donors (Lipinski definition) is 2. The molecule has 0 fully saturated rings. The number of hydrogen-bond acceptors (Lipinski definition) is 9. The molecule has 8 nitrogen and oxygen atoms in total. The molecular formula is C26H22N6O2S. The Kier molecular flexibility index (Phi) is 6.32. The minimum absolute atomic E-state index is 0.176. The molecule has 0 aliphatic carbocycles. The summed E-state index contributed by atoms with van der Waals surface area (Å²) >= 11 is 1.51. The van der Waals surface area contributed by atoms with E-state index < -0.39 is 0 Å². The maximum absolute atomic E-state index is 10.1. The summed E-state index contributed by atoms with van der Waals surface area (Å²) in [6, 6.07) is 15.0. The quantitative estimate of drug-likeness (QED) is 0.319. The monoisotopic (exact) mass is 482 g/mol. The van der Waals surface area contributed by atoms with Crippen molar-refractivity contribution in [2.45, 2.75) is 13.5 Å². The molecule has 0 atom stereocenters. The molecule has 9 heteroatoms. The van der Waals surface area contributed by atoms with Crippen LogP contribution in [0, 0.1) is 6.92 Å². The molecule has 2 aromatic carbocycles. The first-order valence-electron chi connectivity index (χ1n) is 10.9. The van der Waals surface area contributed by atoms with Gasteiger partial charge in [0.1, 0.15) is 17.2 Å². The molecule has 3 heterocycles. The molecule has 0 amide bonds. The SMILES string of the molecule is COc1ccc(CNc2ncc(-c3cc(-c4cc(O)ccc4C)nc(-c4cnccn4)n3)s2)cc1. The first-order chi connectivity index (χ1) is 17.1. The zero-order valence-electron chi connectivity index (χ0n) is 19.1. The number of methoxy groups -OCH3 is 1. The van der Waals surface area contributed by atoms with Crippen LogP contribution < -0.4 is 10.1 Å². The Morgan fingerprint density at radius 2 is 1.74 bits per heavy atom. The molecular weight excluding hydrogens is 460 g/mol. The number of thiazole rings is 1. The maximum atomic E-state index is 10.1. The van der Waals surface area contributed by atoms with E-state index in [-0.39, 0.29) is 5.75 Å². The fraction of sp³-hybridized carbons (Fsp3) is 0.115. The van der Waals surface area contributed by atoms with E-state index in [0.29, 0.717) is 29.5 Å². The summed E-state index contributed by atoms with van der Waals surface area (Å²) in [6.45, 7) is 2.62. The number of phenols is 1. The van der Waals surface area contributed by atoms with E-state index in [1.165, 1.54) is 11.3 Å². The lowest BCUT2D eigenvalue weighted by atomic mass is 10.0. The van der Waals surface area contributed by atoms with Crippen LogP contribution in [0.15, 0.2) is 73.3 Å². The van der Waals surface area contributed by atoms with Crippen LogP contribution in [0.2, 0.25) is 0 Å². The third-order valence-corrected chi connectivity index (χ3v) is 6.35. The van der Waals surface area contributed by atoms with Gasteiger partial charge in [-0.2, -0.15) is 0 Å². The van der Waals surface area contributed by atoms with Crippen molar-refractivity contribution in [1.82, 2.24) is 24.9 Å². The van der Waals surface area contributed by atoms with Crippen molar-refractivity contribution in [2.75, 3.05) is 12.4 Å². The molecule has 0 spiro atoms. The number of anilines is 1.